The molecule has 1 N–H and O–H groups in total. The van der Waals surface area contributed by atoms with Crippen molar-refractivity contribution in [3.8, 4) is 0 Å². The zero-order valence-corrected chi connectivity index (χ0v) is 17.9. The monoisotopic (exact) mass is 383 g/mol. The molecule has 1 heterocycles. The first-order chi connectivity index (χ1) is 13.3. The molecule has 1 saturated heterocycles. The minimum Gasteiger partial charge on any atom is -0.393 e. The first-order valence-electron chi connectivity index (χ1n) is 11.7. The third kappa shape index (κ3) is 2.54. The van der Waals surface area contributed by atoms with E-state index in [2.05, 4.69) is 30.9 Å². The summed E-state index contributed by atoms with van der Waals surface area (Å²) in [7, 11) is 0. The first-order valence-corrected chi connectivity index (χ1v) is 11.7. The third-order valence-corrected chi connectivity index (χ3v) is 9.68. The number of likely N-dealkylation sites (tertiary alicyclic amines) is 1. The van der Waals surface area contributed by atoms with Crippen LogP contribution in [-0.2, 0) is 4.79 Å². The van der Waals surface area contributed by atoms with Gasteiger partial charge in [0.15, 0.2) is 0 Å². The molecule has 0 unspecified atom stereocenters. The minimum atomic E-state index is -0.276. The Morgan fingerprint density at radius 1 is 1.21 bits per heavy atom. The molecule has 5 aliphatic rings. The van der Waals surface area contributed by atoms with Crippen LogP contribution < -0.4 is 0 Å². The van der Waals surface area contributed by atoms with E-state index in [1.807, 2.05) is 0 Å². The quantitative estimate of drug-likeness (QED) is 0.750. The Morgan fingerprint density at radius 3 is 2.68 bits per heavy atom. The average molecular weight is 384 g/mol. The molecule has 3 fully saturated rings. The standard InChI is InChI=1S/C25H37NO2/c1-16(27)20-8-9-21-19-7-6-17-14-18(26-12-4-5-13-26)10-11-24(17,2)23(19)22(28)15-25(20,21)3/h6,14,19-23,28H,4-5,7-13,15H2,1-3H3/t19-,20-,21+,22+,23+,24-,25-/m0/s1. The topological polar surface area (TPSA) is 40.5 Å². The zero-order valence-electron chi connectivity index (χ0n) is 17.9. The van der Waals surface area contributed by atoms with Gasteiger partial charge in [0.2, 0.25) is 0 Å². The molecule has 7 atom stereocenters. The lowest BCUT2D eigenvalue weighted by Gasteiger charge is -2.59. The molecule has 3 nitrogen and oxygen atoms in total. The SMILES string of the molecule is CC(=O)[C@@H]1CC[C@@H]2[C@@H]3CC=C4C=C(N5CCCC5)CC[C@]4(C)[C@H]3[C@H](O)C[C@]21C. The lowest BCUT2D eigenvalue weighted by molar-refractivity contribution is -0.137. The number of aliphatic hydroxyl groups excluding tert-OH is 1. The number of hydrogen-bond acceptors (Lipinski definition) is 3. The molecule has 0 bridgehead atoms. The molecule has 0 aromatic heterocycles. The van der Waals surface area contributed by atoms with Crippen LogP contribution >= 0.6 is 0 Å². The maximum Gasteiger partial charge on any atom is 0.133 e. The molecule has 0 aromatic rings. The highest BCUT2D eigenvalue weighted by Crippen LogP contribution is 2.66. The second-order valence-electron chi connectivity index (χ2n) is 11.0. The highest BCUT2D eigenvalue weighted by atomic mass is 16.3. The van der Waals surface area contributed by atoms with Gasteiger partial charge in [-0.3, -0.25) is 4.79 Å². The van der Waals surface area contributed by atoms with Gasteiger partial charge in [-0.05, 0) is 98.5 Å². The van der Waals surface area contributed by atoms with Crippen LogP contribution in [0.3, 0.4) is 0 Å². The van der Waals surface area contributed by atoms with Crippen LogP contribution in [0.4, 0.5) is 0 Å². The van der Waals surface area contributed by atoms with Gasteiger partial charge in [-0.2, -0.15) is 0 Å². The van der Waals surface area contributed by atoms with Crippen molar-refractivity contribution in [3.63, 3.8) is 0 Å². The lowest BCUT2D eigenvalue weighted by atomic mass is 9.47. The van der Waals surface area contributed by atoms with Gasteiger partial charge in [0.05, 0.1) is 6.10 Å². The number of carbonyl (C=O) groups excluding carboxylic acids is 1. The maximum absolute atomic E-state index is 12.3. The van der Waals surface area contributed by atoms with E-state index in [0.717, 1.165) is 25.7 Å². The van der Waals surface area contributed by atoms with Crippen LogP contribution in [0.1, 0.15) is 72.1 Å². The van der Waals surface area contributed by atoms with Crippen molar-refractivity contribution >= 4 is 5.78 Å². The molecule has 154 valence electrons. The van der Waals surface area contributed by atoms with Crippen LogP contribution in [0.2, 0.25) is 0 Å². The van der Waals surface area contributed by atoms with Gasteiger partial charge in [0.1, 0.15) is 5.78 Å². The molecular weight excluding hydrogens is 346 g/mol. The van der Waals surface area contributed by atoms with Crippen LogP contribution in [0.15, 0.2) is 23.4 Å². The summed E-state index contributed by atoms with van der Waals surface area (Å²) < 4.78 is 0. The summed E-state index contributed by atoms with van der Waals surface area (Å²) in [4.78, 5) is 14.9. The van der Waals surface area contributed by atoms with E-state index < -0.39 is 0 Å². The second-order valence-corrected chi connectivity index (χ2v) is 11.0. The number of hydrogen-bond donors (Lipinski definition) is 1. The largest absolute Gasteiger partial charge is 0.393 e. The lowest BCUT2D eigenvalue weighted by Crippen LogP contribution is -2.56. The Balaban J connectivity index is 1.48. The van der Waals surface area contributed by atoms with Crippen molar-refractivity contribution < 1.29 is 9.90 Å². The predicted molar refractivity (Wildman–Crippen MR) is 112 cm³/mol. The van der Waals surface area contributed by atoms with E-state index >= 15 is 0 Å². The fourth-order valence-electron chi connectivity index (χ4n) is 8.37. The summed E-state index contributed by atoms with van der Waals surface area (Å²) in [5.74, 6) is 1.97. The Hall–Kier alpha value is -1.09. The highest BCUT2D eigenvalue weighted by molar-refractivity contribution is 5.79. The Bertz CT molecular complexity index is 733. The Morgan fingerprint density at radius 2 is 1.96 bits per heavy atom. The number of nitrogens with zero attached hydrogens (tertiary/aromatic N) is 1. The Kier molecular flexibility index (Phi) is 4.36. The summed E-state index contributed by atoms with van der Waals surface area (Å²) in [5, 5.41) is 11.4. The van der Waals surface area contributed by atoms with E-state index in [1.54, 1.807) is 6.92 Å². The van der Waals surface area contributed by atoms with Crippen molar-refractivity contribution in [2.75, 3.05) is 13.1 Å². The van der Waals surface area contributed by atoms with E-state index in [1.165, 1.54) is 50.0 Å². The molecule has 3 heteroatoms. The van der Waals surface area contributed by atoms with Crippen LogP contribution in [-0.4, -0.2) is 35.0 Å². The molecule has 0 spiro atoms. The molecule has 0 aromatic carbocycles. The van der Waals surface area contributed by atoms with Gasteiger partial charge in [0, 0.05) is 24.7 Å². The van der Waals surface area contributed by atoms with Crippen molar-refractivity contribution in [2.24, 2.45) is 34.5 Å². The molecule has 5 rings (SSSR count). The second kappa shape index (κ2) is 6.45. The van der Waals surface area contributed by atoms with E-state index in [9.17, 15) is 9.90 Å². The maximum atomic E-state index is 12.3. The molecular formula is C25H37NO2. The normalized spacial score (nSPS) is 47.7. The average Bonchev–Trinajstić information content (AvgIpc) is 3.27. The van der Waals surface area contributed by atoms with E-state index in [0.29, 0.717) is 23.5 Å². The van der Waals surface area contributed by atoms with E-state index in [4.69, 9.17) is 0 Å². The van der Waals surface area contributed by atoms with Crippen molar-refractivity contribution in [1.82, 2.24) is 4.90 Å². The fourth-order valence-corrected chi connectivity index (χ4v) is 8.37. The summed E-state index contributed by atoms with van der Waals surface area (Å²) in [6.07, 6.45) is 13.8. The van der Waals surface area contributed by atoms with Gasteiger partial charge in [-0.1, -0.05) is 19.9 Å². The predicted octanol–water partition coefficient (Wildman–Crippen LogP) is 4.71. The fraction of sp³-hybridized carbons (Fsp3) is 0.800. The number of ketones is 1. The number of Topliss-reactive ketones (excluding diaryl/α,β-unsaturated/α-hetero) is 1. The number of rotatable bonds is 2. The molecule has 1 aliphatic heterocycles. The summed E-state index contributed by atoms with van der Waals surface area (Å²) in [6.45, 7) is 8.94. The Labute approximate surface area is 170 Å². The van der Waals surface area contributed by atoms with E-state index in [-0.39, 0.29) is 22.9 Å². The first kappa shape index (κ1) is 18.9. The number of fused-ring (bicyclic) bond motifs is 5. The molecule has 2 saturated carbocycles. The minimum absolute atomic E-state index is 0.000657. The molecule has 28 heavy (non-hydrogen) atoms. The summed E-state index contributed by atoms with van der Waals surface area (Å²) in [6, 6.07) is 0. The third-order valence-electron chi connectivity index (χ3n) is 9.68. The van der Waals surface area contributed by atoms with Gasteiger partial charge >= 0.3 is 0 Å². The van der Waals surface area contributed by atoms with Gasteiger partial charge in [-0.15, -0.1) is 0 Å². The summed E-state index contributed by atoms with van der Waals surface area (Å²) >= 11 is 0. The molecule has 0 radical (unpaired) electrons. The molecule has 0 amide bonds. The number of aliphatic hydroxyl groups is 1. The van der Waals surface area contributed by atoms with Gasteiger partial charge < -0.3 is 10.0 Å². The van der Waals surface area contributed by atoms with Crippen LogP contribution in [0.25, 0.3) is 0 Å². The number of carbonyl (C=O) groups is 1. The summed E-state index contributed by atoms with van der Waals surface area (Å²) in [5.41, 5.74) is 3.12. The van der Waals surface area contributed by atoms with Gasteiger partial charge in [-0.25, -0.2) is 0 Å². The van der Waals surface area contributed by atoms with Crippen LogP contribution in [0.5, 0.6) is 0 Å². The molecule has 4 aliphatic carbocycles. The number of allylic oxidation sites excluding steroid dienone is 4. The van der Waals surface area contributed by atoms with Crippen molar-refractivity contribution in [1.29, 1.82) is 0 Å². The van der Waals surface area contributed by atoms with Crippen molar-refractivity contribution in [3.05, 3.63) is 23.4 Å². The highest BCUT2D eigenvalue weighted by Gasteiger charge is 2.61. The smallest absolute Gasteiger partial charge is 0.133 e. The van der Waals surface area contributed by atoms with Crippen molar-refractivity contribution in [2.45, 2.75) is 78.2 Å². The van der Waals surface area contributed by atoms with Gasteiger partial charge in [0.25, 0.3) is 0 Å². The van der Waals surface area contributed by atoms with Crippen LogP contribution in [0, 0.1) is 34.5 Å². The zero-order chi connectivity index (χ0) is 19.7.